The molecule has 0 aliphatic carbocycles. The summed E-state index contributed by atoms with van der Waals surface area (Å²) in [5.41, 5.74) is 0. The van der Waals surface area contributed by atoms with Crippen molar-refractivity contribution >= 4 is 92.0 Å². The Kier molecular flexibility index (Phi) is 16.4. The Bertz CT molecular complexity index is 416. The van der Waals surface area contributed by atoms with E-state index in [9.17, 15) is 28.5 Å². The van der Waals surface area contributed by atoms with Crippen LogP contribution in [-0.2, 0) is 19.3 Å². The minimum absolute atomic E-state index is 0. The van der Waals surface area contributed by atoms with Gasteiger partial charge >= 0.3 is 92.0 Å². The van der Waals surface area contributed by atoms with Gasteiger partial charge in [-0.3, -0.25) is 8.74 Å². The fourth-order valence-corrected chi connectivity index (χ4v) is 1.19. The first kappa shape index (κ1) is 28.3. The van der Waals surface area contributed by atoms with E-state index >= 15 is 0 Å². The summed E-state index contributed by atoms with van der Waals surface area (Å²) in [5.74, 6) is 0. The maximum atomic E-state index is 10.7. The third-order valence-electron chi connectivity index (χ3n) is 1.96. The average molecular weight is 406 g/mol. The predicted molar refractivity (Wildman–Crippen MR) is 73.3 cm³/mol. The summed E-state index contributed by atoms with van der Waals surface area (Å²) in [6.07, 6.45) is -13.3. The van der Waals surface area contributed by atoms with E-state index < -0.39 is 53.9 Å². The average Bonchev–Trinajstić information content (AvgIpc) is 2.32. The van der Waals surface area contributed by atoms with Gasteiger partial charge in [0.25, 0.3) is 0 Å². The number of hydrogen-bond acceptors (Lipinski definition) is 11. The molecule has 0 amide bonds. The number of carbonyl (C=O) groups excluding carboxylic acids is 1. The first-order valence-corrected chi connectivity index (χ1v) is 6.24. The number of carbonyl (C=O) groups is 1. The Morgan fingerprint density at radius 2 is 1.41 bits per heavy atom. The Hall–Kier alpha value is 1.46. The van der Waals surface area contributed by atoms with Gasteiger partial charge in [-0.25, -0.2) is 4.79 Å². The SMILES string of the molecule is O=C(OC(O)[C@@H](O)[C@@H](O)[C@H](O)[C@H](O)CO)OS(=O)(=O)O.[CaH2].[CaH2]. The molecule has 1 unspecified atom stereocenters. The molecule has 0 aliphatic rings. The number of aliphatic hydroxyl groups is 6. The summed E-state index contributed by atoms with van der Waals surface area (Å²) in [6.45, 7) is -0.979. The summed E-state index contributed by atoms with van der Waals surface area (Å²) in [7, 11) is -5.20. The number of ether oxygens (including phenoxy) is 1. The van der Waals surface area contributed by atoms with Crippen LogP contribution in [0.15, 0.2) is 0 Å². The van der Waals surface area contributed by atoms with Gasteiger partial charge in [0.15, 0.2) is 0 Å². The Balaban J connectivity index is -0.00000180. The van der Waals surface area contributed by atoms with Gasteiger partial charge in [0, 0.05) is 0 Å². The zero-order chi connectivity index (χ0) is 16.1. The summed E-state index contributed by atoms with van der Waals surface area (Å²) in [6, 6.07) is 0. The Morgan fingerprint density at radius 1 is 0.955 bits per heavy atom. The molecule has 0 rings (SSSR count). The van der Waals surface area contributed by atoms with Crippen molar-refractivity contribution in [3.05, 3.63) is 0 Å². The zero-order valence-corrected chi connectivity index (χ0v) is 10.5. The monoisotopic (exact) mass is 406 g/mol. The van der Waals surface area contributed by atoms with Gasteiger partial charge < -0.3 is 35.4 Å². The number of hydrogen-bond donors (Lipinski definition) is 7. The fraction of sp³-hybridized carbons (Fsp3) is 0.857. The van der Waals surface area contributed by atoms with Gasteiger partial charge in [0.2, 0.25) is 6.29 Å². The van der Waals surface area contributed by atoms with Crippen LogP contribution in [0.5, 0.6) is 0 Å². The molecule has 0 aromatic heterocycles. The topological polar surface area (TPSA) is 211 Å². The van der Waals surface area contributed by atoms with Crippen LogP contribution in [0.2, 0.25) is 0 Å². The molecule has 0 fully saturated rings. The minimum atomic E-state index is -5.20. The van der Waals surface area contributed by atoms with Crippen molar-refractivity contribution in [1.82, 2.24) is 0 Å². The van der Waals surface area contributed by atoms with Gasteiger partial charge in [-0.1, -0.05) is 0 Å². The molecule has 0 spiro atoms. The second kappa shape index (κ2) is 12.8. The van der Waals surface area contributed by atoms with E-state index in [2.05, 4.69) is 8.92 Å². The van der Waals surface area contributed by atoms with Crippen molar-refractivity contribution in [2.45, 2.75) is 30.7 Å². The van der Waals surface area contributed by atoms with E-state index in [1.54, 1.807) is 0 Å². The first-order valence-electron chi connectivity index (χ1n) is 4.88. The molecule has 0 aromatic rings. The van der Waals surface area contributed by atoms with Crippen molar-refractivity contribution < 1.29 is 57.3 Å². The summed E-state index contributed by atoms with van der Waals surface area (Å²) < 4.78 is 35.3. The van der Waals surface area contributed by atoms with Crippen LogP contribution in [-0.4, -0.2) is 163 Å². The molecule has 0 bridgehead atoms. The summed E-state index contributed by atoms with van der Waals surface area (Å²) >= 11 is 0. The van der Waals surface area contributed by atoms with Crippen molar-refractivity contribution in [3.63, 3.8) is 0 Å². The second-order valence-corrected chi connectivity index (χ2v) is 4.51. The van der Waals surface area contributed by atoms with Gasteiger partial charge in [0.1, 0.15) is 24.4 Å². The van der Waals surface area contributed by atoms with E-state index in [1.807, 2.05) is 0 Å². The van der Waals surface area contributed by atoms with Crippen LogP contribution in [0.1, 0.15) is 0 Å². The van der Waals surface area contributed by atoms with Crippen molar-refractivity contribution in [1.29, 1.82) is 0 Å². The van der Waals surface area contributed by atoms with Crippen molar-refractivity contribution in [2.75, 3.05) is 6.61 Å². The number of aliphatic hydroxyl groups excluding tert-OH is 6. The molecule has 0 saturated heterocycles. The van der Waals surface area contributed by atoms with Gasteiger partial charge in [0.05, 0.1) is 6.61 Å². The summed E-state index contributed by atoms with van der Waals surface area (Å²) in [5, 5.41) is 54.3. The molecule has 128 valence electrons. The first-order chi connectivity index (χ1) is 8.99. The van der Waals surface area contributed by atoms with Gasteiger partial charge in [-0.15, -0.1) is 0 Å². The molecule has 0 saturated carbocycles. The molecule has 15 heteroatoms. The standard InChI is InChI=1S/C7H14O12S.2Ca.4H/c8-1-2(9)3(10)4(11)5(12)6(13)18-7(14)19-20(15,16)17;;;;;;/h2-6,8-13H,1H2,(H,15,16,17);;;;;;/t2-,3-,4+,5+,6?;;;;;;/m1....../s1. The van der Waals surface area contributed by atoms with Crippen molar-refractivity contribution in [3.8, 4) is 0 Å². The van der Waals surface area contributed by atoms with E-state index in [0.717, 1.165) is 0 Å². The van der Waals surface area contributed by atoms with Gasteiger partial charge in [-0.05, 0) is 0 Å². The second-order valence-electron chi connectivity index (χ2n) is 3.49. The molecular formula is C7H18Ca2O12S. The van der Waals surface area contributed by atoms with Crippen LogP contribution in [0, 0.1) is 0 Å². The van der Waals surface area contributed by atoms with E-state index in [-0.39, 0.29) is 75.5 Å². The molecule has 0 heterocycles. The molecule has 0 radical (unpaired) electrons. The Labute approximate surface area is 184 Å². The molecule has 12 nitrogen and oxygen atoms in total. The molecule has 7 N–H and O–H groups in total. The third-order valence-corrected chi connectivity index (χ3v) is 2.31. The molecule has 5 atom stereocenters. The molecule has 0 aliphatic heterocycles. The quantitative estimate of drug-likeness (QED) is 0.0911. The fourth-order valence-electron chi connectivity index (χ4n) is 0.980. The van der Waals surface area contributed by atoms with Crippen LogP contribution < -0.4 is 0 Å². The normalized spacial score (nSPS) is 17.8. The Morgan fingerprint density at radius 3 is 1.77 bits per heavy atom. The van der Waals surface area contributed by atoms with Crippen LogP contribution in [0.25, 0.3) is 0 Å². The predicted octanol–water partition coefficient (Wildman–Crippen LogP) is -6.14. The number of rotatable bonds is 7. The maximum absolute atomic E-state index is 10.7. The van der Waals surface area contributed by atoms with E-state index in [0.29, 0.717) is 0 Å². The van der Waals surface area contributed by atoms with E-state index in [1.165, 1.54) is 0 Å². The van der Waals surface area contributed by atoms with Crippen LogP contribution in [0.3, 0.4) is 0 Å². The molecule has 22 heavy (non-hydrogen) atoms. The van der Waals surface area contributed by atoms with Crippen LogP contribution in [0.4, 0.5) is 4.79 Å². The zero-order valence-electron chi connectivity index (χ0n) is 9.67. The summed E-state index contributed by atoms with van der Waals surface area (Å²) in [4.78, 5) is 10.7. The molecular weight excluding hydrogens is 388 g/mol. The third kappa shape index (κ3) is 11.1. The van der Waals surface area contributed by atoms with Crippen LogP contribution >= 0.6 is 0 Å². The van der Waals surface area contributed by atoms with Gasteiger partial charge in [-0.2, -0.15) is 8.42 Å². The van der Waals surface area contributed by atoms with E-state index in [4.69, 9.17) is 19.9 Å². The molecule has 0 aromatic carbocycles. The van der Waals surface area contributed by atoms with Crippen molar-refractivity contribution in [2.24, 2.45) is 0 Å².